The summed E-state index contributed by atoms with van der Waals surface area (Å²) in [5.74, 6) is -4.78. The molecule has 36 heteroatoms. The molecule has 4 saturated heterocycles. The average Bonchev–Trinajstić information content (AvgIpc) is 1.56. The molecule has 12 rings (SSSR count). The number of rotatable bonds is 28. The van der Waals surface area contributed by atoms with Crippen LogP contribution in [-0.2, 0) is 152 Å². The van der Waals surface area contributed by atoms with E-state index in [0.717, 1.165) is 50.0 Å². The molecule has 8 saturated carbocycles. The maximum atomic E-state index is 12.0. The third-order valence-electron chi connectivity index (χ3n) is 20.2. The summed E-state index contributed by atoms with van der Waals surface area (Å²) in [6.45, 7) is 18.7. The van der Waals surface area contributed by atoms with Gasteiger partial charge >= 0.3 is 47.8 Å². The lowest BCUT2D eigenvalue weighted by Gasteiger charge is -2.33. The SMILES string of the molecule is C=CC(=O)OCCOC(=O)COC1C2CC3C(C)(C2)C1OS3(=O)=O.C=CC(=O)OCCOC(=O)COC1C2CC3C(C2)S(=O)(=O)OC31C.C=CC(=O)OCCOC(=O)COC1C2CC3C1OS(=O)(=O)C3C2C.C=CC(=O)OCCOC(=O)COC1C2OS(=O)(=O)C3CC1(C)CC23. The Balaban J connectivity index is 0.000000150. The number of esters is 8. The van der Waals surface area contributed by atoms with Gasteiger partial charge in [-0.05, 0) is 81.0 Å². The Hall–Kier alpha value is -5.80. The molecule has 32 nitrogen and oxygen atoms in total. The van der Waals surface area contributed by atoms with Crippen LogP contribution in [0.5, 0.6) is 0 Å². The second kappa shape index (κ2) is 29.6. The molecule has 0 radical (unpaired) electrons. The van der Waals surface area contributed by atoms with Crippen LogP contribution < -0.4 is 0 Å². The molecule has 12 fully saturated rings. The van der Waals surface area contributed by atoms with E-state index in [9.17, 15) is 72.0 Å². The molecule has 0 aromatic heterocycles. The third-order valence-corrected chi connectivity index (χ3v) is 27.7. The van der Waals surface area contributed by atoms with Crippen LogP contribution in [0.25, 0.3) is 0 Å². The van der Waals surface area contributed by atoms with Crippen LogP contribution in [0.3, 0.4) is 0 Å². The van der Waals surface area contributed by atoms with Crippen LogP contribution in [0.2, 0.25) is 0 Å². The van der Waals surface area contributed by atoms with Crippen molar-refractivity contribution in [1.29, 1.82) is 0 Å². The van der Waals surface area contributed by atoms with Gasteiger partial charge in [-0.3, -0.25) is 16.7 Å². The number of hydrogen-bond donors (Lipinski definition) is 0. The molecule has 21 unspecified atom stereocenters. The number of fused-ring (bicyclic) bond motifs is 4. The molecule has 0 amide bonds. The zero-order valence-corrected chi connectivity index (χ0v) is 56.4. The highest BCUT2D eigenvalue weighted by Crippen LogP contribution is 2.65. The van der Waals surface area contributed by atoms with Crippen molar-refractivity contribution >= 4 is 88.2 Å². The summed E-state index contributed by atoms with van der Waals surface area (Å²) in [6, 6.07) is 0. The van der Waals surface area contributed by atoms with E-state index < -0.39 is 163 Å². The lowest BCUT2D eigenvalue weighted by molar-refractivity contribution is -0.161. The van der Waals surface area contributed by atoms with Crippen molar-refractivity contribution in [3.05, 3.63) is 50.6 Å². The van der Waals surface area contributed by atoms with Gasteiger partial charge in [0.05, 0.1) is 45.4 Å². The Morgan fingerprint density at radius 3 is 1.41 bits per heavy atom. The quantitative estimate of drug-likeness (QED) is 0.0339. The molecule has 4 heterocycles. The van der Waals surface area contributed by atoms with Gasteiger partial charge in [-0.15, -0.1) is 0 Å². The van der Waals surface area contributed by atoms with Gasteiger partial charge in [-0.1, -0.05) is 47.1 Å². The fourth-order valence-corrected chi connectivity index (χ4v) is 24.8. The smallest absolute Gasteiger partial charge is 0.332 e. The molecule has 4 aliphatic heterocycles. The molecular formula is C60H80O32S4. The number of carbonyl (C=O) groups is 8. The summed E-state index contributed by atoms with van der Waals surface area (Å²) in [7, 11) is -14.1. The first-order valence-electron chi connectivity index (χ1n) is 31.1. The third kappa shape index (κ3) is 15.5. The largest absolute Gasteiger partial charge is 0.460 e. The molecule has 0 aromatic rings. The molecule has 96 heavy (non-hydrogen) atoms. The van der Waals surface area contributed by atoms with Gasteiger partial charge in [-0.2, -0.15) is 33.7 Å². The lowest BCUT2D eigenvalue weighted by Crippen LogP contribution is -2.46. The number of hydrogen-bond acceptors (Lipinski definition) is 32. The summed E-state index contributed by atoms with van der Waals surface area (Å²) in [5, 5.41) is -1.80. The highest BCUT2D eigenvalue weighted by Gasteiger charge is 2.74. The lowest BCUT2D eigenvalue weighted by atomic mass is 9.82. The first-order chi connectivity index (χ1) is 45.2. The monoisotopic (exact) mass is 1440 g/mol. The Morgan fingerprint density at radius 1 is 0.448 bits per heavy atom. The van der Waals surface area contributed by atoms with E-state index >= 15 is 0 Å². The van der Waals surface area contributed by atoms with Crippen LogP contribution in [-0.4, -0.2) is 230 Å². The first-order valence-corrected chi connectivity index (χ1v) is 37.0. The Kier molecular flexibility index (Phi) is 22.9. The van der Waals surface area contributed by atoms with Crippen molar-refractivity contribution < 1.29 is 146 Å². The van der Waals surface area contributed by atoms with Crippen molar-refractivity contribution in [3.63, 3.8) is 0 Å². The van der Waals surface area contributed by atoms with Gasteiger partial charge in [0.2, 0.25) is 0 Å². The van der Waals surface area contributed by atoms with E-state index in [-0.39, 0.29) is 126 Å². The van der Waals surface area contributed by atoms with Crippen molar-refractivity contribution in [2.45, 2.75) is 142 Å². The number of carbonyl (C=O) groups excluding carboxylic acids is 8. The van der Waals surface area contributed by atoms with Gasteiger partial charge in [0.25, 0.3) is 40.5 Å². The molecule has 8 bridgehead atoms. The summed E-state index contributed by atoms with van der Waals surface area (Å²) < 4.78 is 178. The van der Waals surface area contributed by atoms with E-state index in [2.05, 4.69) is 45.3 Å². The molecule has 0 N–H and O–H groups in total. The second-order valence-corrected chi connectivity index (χ2v) is 33.0. The van der Waals surface area contributed by atoms with Crippen molar-refractivity contribution in [2.24, 2.45) is 52.3 Å². The summed E-state index contributed by atoms with van der Waals surface area (Å²) in [4.78, 5) is 90.0. The molecule has 536 valence electrons. The van der Waals surface area contributed by atoms with Gasteiger partial charge in [0, 0.05) is 47.5 Å². The van der Waals surface area contributed by atoms with Crippen molar-refractivity contribution in [2.75, 3.05) is 79.3 Å². The van der Waals surface area contributed by atoms with Gasteiger partial charge in [-0.25, -0.2) is 38.4 Å². The fraction of sp³-hybridized carbons (Fsp3) is 0.733. The molecular weight excluding hydrogens is 1360 g/mol. The Bertz CT molecular complexity index is 3400. The fourth-order valence-electron chi connectivity index (χ4n) is 16.5. The summed E-state index contributed by atoms with van der Waals surface area (Å²) >= 11 is 0. The second-order valence-electron chi connectivity index (χ2n) is 26.0. The standard InChI is InChI=1S/4C15H20O8S/c1-3-11(16)20-4-5-21-12(17)8-22-14-13-9-6-15(14,2)7-10(9)24(18,19)23-13;1-3-12(16)20-4-5-21-13(17)8-22-14-9-6-10-11(7-9)24(18,19)23-15(10,14)2;1-3-11(16)20-4-5-21-12(17)8-22-13-9-6-10-15(2,7-9)14(13)23-24(10,18)19;1-3-11(16)20-4-5-21-12(17)7-22-13-9-6-10-14(13)23-24(18,19)15(10)8(9)2/h3,9-10,13-14H,1,4-8H2,2H3;3,9-11,14H,1,4-8H2,2H3;3,9-10,13-14H,1,4-8H2,2H3;3,8-10,13-15H,1,4-7H2,2H3. The van der Waals surface area contributed by atoms with Gasteiger partial charge < -0.3 is 56.8 Å². The summed E-state index contributed by atoms with van der Waals surface area (Å²) in [6.07, 6.45) is 5.24. The Labute approximate surface area is 555 Å². The first kappa shape index (κ1) is 74.4. The van der Waals surface area contributed by atoms with E-state index in [1.807, 2.05) is 20.8 Å². The minimum atomic E-state index is -3.54. The van der Waals surface area contributed by atoms with Crippen LogP contribution in [0.15, 0.2) is 50.6 Å². The minimum Gasteiger partial charge on any atom is -0.460 e. The Morgan fingerprint density at radius 2 is 0.906 bits per heavy atom. The maximum Gasteiger partial charge on any atom is 0.332 e. The summed E-state index contributed by atoms with van der Waals surface area (Å²) in [5.41, 5.74) is -1.63. The predicted molar refractivity (Wildman–Crippen MR) is 321 cm³/mol. The van der Waals surface area contributed by atoms with Crippen LogP contribution in [0, 0.1) is 52.3 Å². The van der Waals surface area contributed by atoms with E-state index in [4.69, 9.17) is 54.6 Å². The van der Waals surface area contributed by atoms with Crippen molar-refractivity contribution in [1.82, 2.24) is 0 Å². The molecule has 0 aromatic carbocycles. The minimum absolute atomic E-state index is 0.0434. The van der Waals surface area contributed by atoms with Crippen LogP contribution >= 0.6 is 0 Å². The van der Waals surface area contributed by atoms with Crippen LogP contribution in [0.4, 0.5) is 0 Å². The van der Waals surface area contributed by atoms with Gasteiger partial charge in [0.1, 0.15) is 103 Å². The molecule has 0 spiro atoms. The normalized spacial score (nSPS) is 38.0. The van der Waals surface area contributed by atoms with E-state index in [1.165, 1.54) is 0 Å². The topological polar surface area (TPSA) is 421 Å². The molecule has 8 aliphatic carbocycles. The van der Waals surface area contributed by atoms with Crippen molar-refractivity contribution in [3.8, 4) is 0 Å². The predicted octanol–water partition coefficient (Wildman–Crippen LogP) is 0.540. The number of ether oxygens (including phenoxy) is 12. The highest BCUT2D eigenvalue weighted by atomic mass is 32.2. The average molecular weight is 1440 g/mol. The zero-order chi connectivity index (χ0) is 70.1. The zero-order valence-electron chi connectivity index (χ0n) is 53.2. The van der Waals surface area contributed by atoms with E-state index in [1.54, 1.807) is 6.92 Å². The van der Waals surface area contributed by atoms with Gasteiger partial charge in [0.15, 0.2) is 0 Å². The van der Waals surface area contributed by atoms with Crippen LogP contribution in [0.1, 0.15) is 72.6 Å². The molecule has 21 atom stereocenters. The van der Waals surface area contributed by atoms with E-state index in [0.29, 0.717) is 19.3 Å². The highest BCUT2D eigenvalue weighted by molar-refractivity contribution is 7.88. The maximum absolute atomic E-state index is 12.0. The molecule has 12 aliphatic rings.